The second-order valence-electron chi connectivity index (χ2n) is 5.82. The minimum atomic E-state index is 0.256. The molecule has 2 unspecified atom stereocenters. The summed E-state index contributed by atoms with van der Waals surface area (Å²) in [7, 11) is 0. The van der Waals surface area contributed by atoms with Gasteiger partial charge in [0.05, 0.1) is 6.20 Å². The normalized spacial score (nSPS) is 27.6. The molecule has 1 saturated heterocycles. The maximum absolute atomic E-state index is 9.18. The first-order valence-corrected chi connectivity index (χ1v) is 7.17. The summed E-state index contributed by atoms with van der Waals surface area (Å²) in [6.45, 7) is 3.86. The van der Waals surface area contributed by atoms with E-state index in [1.807, 2.05) is 6.07 Å². The summed E-state index contributed by atoms with van der Waals surface area (Å²) in [6.07, 6.45) is 8.11. The first-order chi connectivity index (χ1) is 8.81. The number of rotatable bonds is 4. The van der Waals surface area contributed by atoms with Gasteiger partial charge in [0, 0.05) is 18.8 Å². The summed E-state index contributed by atoms with van der Waals surface area (Å²) in [4.78, 5) is 6.86. The van der Waals surface area contributed by atoms with Crippen molar-refractivity contribution in [3.63, 3.8) is 0 Å². The summed E-state index contributed by atoms with van der Waals surface area (Å²) >= 11 is 0. The van der Waals surface area contributed by atoms with E-state index in [4.69, 9.17) is 0 Å². The molecule has 1 N–H and O–H groups in total. The number of aromatic nitrogens is 1. The Bertz CT molecular complexity index is 378. The van der Waals surface area contributed by atoms with Gasteiger partial charge in [-0.25, -0.2) is 0 Å². The molecule has 98 valence electrons. The van der Waals surface area contributed by atoms with Gasteiger partial charge in [-0.2, -0.15) is 0 Å². The predicted molar refractivity (Wildman–Crippen MR) is 71.5 cm³/mol. The van der Waals surface area contributed by atoms with E-state index in [0.717, 1.165) is 24.0 Å². The van der Waals surface area contributed by atoms with Crippen LogP contribution in [-0.2, 0) is 6.42 Å². The molecule has 18 heavy (non-hydrogen) atoms. The topological polar surface area (TPSA) is 36.4 Å². The Hall–Kier alpha value is -1.09. The molecule has 0 radical (unpaired) electrons. The number of hydrogen-bond donors (Lipinski definition) is 1. The SMILES string of the molecule is Oc1ccc(CCCN2CC3CCCC3C2)nc1. The fraction of sp³-hybridized carbons (Fsp3) is 0.667. The third-order valence-electron chi connectivity index (χ3n) is 4.52. The lowest BCUT2D eigenvalue weighted by Gasteiger charge is -2.16. The van der Waals surface area contributed by atoms with Crippen LogP contribution in [0.3, 0.4) is 0 Å². The molecule has 2 atom stereocenters. The molecule has 1 aromatic rings. The molecule has 1 aliphatic heterocycles. The zero-order valence-corrected chi connectivity index (χ0v) is 10.9. The lowest BCUT2D eigenvalue weighted by atomic mass is 10.0. The molecule has 3 nitrogen and oxygen atoms in total. The fourth-order valence-corrected chi connectivity index (χ4v) is 3.56. The number of aryl methyl sites for hydroxylation is 1. The first kappa shape index (κ1) is 12.0. The molecule has 1 aliphatic carbocycles. The highest BCUT2D eigenvalue weighted by Gasteiger charge is 2.35. The van der Waals surface area contributed by atoms with Crippen molar-refractivity contribution in [2.45, 2.75) is 32.1 Å². The molecule has 3 rings (SSSR count). The van der Waals surface area contributed by atoms with Gasteiger partial charge >= 0.3 is 0 Å². The number of aromatic hydroxyl groups is 1. The number of pyridine rings is 1. The fourth-order valence-electron chi connectivity index (χ4n) is 3.56. The van der Waals surface area contributed by atoms with Crippen LogP contribution in [0.4, 0.5) is 0 Å². The van der Waals surface area contributed by atoms with Crippen LogP contribution in [0.15, 0.2) is 18.3 Å². The van der Waals surface area contributed by atoms with E-state index in [2.05, 4.69) is 9.88 Å². The van der Waals surface area contributed by atoms with Crippen LogP contribution in [0.5, 0.6) is 5.75 Å². The molecule has 2 heterocycles. The minimum absolute atomic E-state index is 0.256. The van der Waals surface area contributed by atoms with Crippen LogP contribution in [0.2, 0.25) is 0 Å². The monoisotopic (exact) mass is 246 g/mol. The average Bonchev–Trinajstić information content (AvgIpc) is 2.92. The van der Waals surface area contributed by atoms with E-state index in [1.165, 1.54) is 51.5 Å². The van der Waals surface area contributed by atoms with Crippen molar-refractivity contribution in [3.05, 3.63) is 24.0 Å². The number of nitrogens with zero attached hydrogens (tertiary/aromatic N) is 2. The standard InChI is InChI=1S/C15H22N2O/c18-15-7-6-14(16-9-15)5-2-8-17-10-12-3-1-4-13(12)11-17/h6-7,9,12-13,18H,1-5,8,10-11H2. The highest BCUT2D eigenvalue weighted by Crippen LogP contribution is 2.37. The molecule has 3 heteroatoms. The predicted octanol–water partition coefficient (Wildman–Crippen LogP) is 2.45. The molecular formula is C15H22N2O. The maximum Gasteiger partial charge on any atom is 0.133 e. The van der Waals surface area contributed by atoms with Crippen molar-refractivity contribution in [1.29, 1.82) is 0 Å². The van der Waals surface area contributed by atoms with Crippen LogP contribution in [-0.4, -0.2) is 34.6 Å². The van der Waals surface area contributed by atoms with E-state index in [1.54, 1.807) is 6.07 Å². The maximum atomic E-state index is 9.18. The van der Waals surface area contributed by atoms with Gasteiger partial charge in [-0.15, -0.1) is 0 Å². The molecular weight excluding hydrogens is 224 g/mol. The zero-order chi connectivity index (χ0) is 12.4. The Morgan fingerprint density at radius 1 is 1.22 bits per heavy atom. The Kier molecular flexibility index (Phi) is 3.50. The minimum Gasteiger partial charge on any atom is -0.506 e. The molecule has 2 fully saturated rings. The molecule has 0 aromatic carbocycles. The highest BCUT2D eigenvalue weighted by molar-refractivity contribution is 5.17. The van der Waals surface area contributed by atoms with E-state index >= 15 is 0 Å². The van der Waals surface area contributed by atoms with Crippen molar-refractivity contribution in [2.75, 3.05) is 19.6 Å². The van der Waals surface area contributed by atoms with Gasteiger partial charge < -0.3 is 10.0 Å². The largest absolute Gasteiger partial charge is 0.506 e. The summed E-state index contributed by atoms with van der Waals surface area (Å²) in [5.74, 6) is 2.25. The van der Waals surface area contributed by atoms with Gasteiger partial charge in [0.2, 0.25) is 0 Å². The Morgan fingerprint density at radius 3 is 2.67 bits per heavy atom. The number of hydrogen-bond acceptors (Lipinski definition) is 3. The van der Waals surface area contributed by atoms with Gasteiger partial charge in [-0.05, 0) is 56.2 Å². The number of likely N-dealkylation sites (tertiary alicyclic amines) is 1. The second kappa shape index (κ2) is 5.27. The third kappa shape index (κ3) is 2.66. The molecule has 1 saturated carbocycles. The highest BCUT2D eigenvalue weighted by atomic mass is 16.3. The van der Waals surface area contributed by atoms with Crippen molar-refractivity contribution >= 4 is 0 Å². The smallest absolute Gasteiger partial charge is 0.133 e. The lowest BCUT2D eigenvalue weighted by Crippen LogP contribution is -2.23. The summed E-state index contributed by atoms with van der Waals surface area (Å²) in [6, 6.07) is 3.65. The number of fused-ring (bicyclic) bond motifs is 1. The van der Waals surface area contributed by atoms with Crippen molar-refractivity contribution < 1.29 is 5.11 Å². The van der Waals surface area contributed by atoms with Crippen molar-refractivity contribution in [1.82, 2.24) is 9.88 Å². The van der Waals surface area contributed by atoms with Crippen LogP contribution in [0.25, 0.3) is 0 Å². The Balaban J connectivity index is 1.41. The lowest BCUT2D eigenvalue weighted by molar-refractivity contribution is 0.307. The summed E-state index contributed by atoms with van der Waals surface area (Å²) in [5.41, 5.74) is 1.09. The third-order valence-corrected chi connectivity index (χ3v) is 4.52. The van der Waals surface area contributed by atoms with Crippen molar-refractivity contribution in [3.8, 4) is 5.75 Å². The Morgan fingerprint density at radius 2 is 2.00 bits per heavy atom. The Labute approximate surface area is 109 Å². The van der Waals surface area contributed by atoms with E-state index < -0.39 is 0 Å². The van der Waals surface area contributed by atoms with Crippen LogP contribution < -0.4 is 0 Å². The van der Waals surface area contributed by atoms with Crippen LogP contribution in [0.1, 0.15) is 31.4 Å². The average molecular weight is 246 g/mol. The summed E-state index contributed by atoms with van der Waals surface area (Å²) < 4.78 is 0. The quantitative estimate of drug-likeness (QED) is 0.886. The van der Waals surface area contributed by atoms with Crippen LogP contribution >= 0.6 is 0 Å². The zero-order valence-electron chi connectivity index (χ0n) is 10.9. The van der Waals surface area contributed by atoms with Crippen molar-refractivity contribution in [2.24, 2.45) is 11.8 Å². The molecule has 0 amide bonds. The molecule has 2 aliphatic rings. The molecule has 1 aromatic heterocycles. The summed E-state index contributed by atoms with van der Waals surface area (Å²) in [5, 5.41) is 9.18. The van der Waals surface area contributed by atoms with Gasteiger partial charge in [0.15, 0.2) is 0 Å². The van der Waals surface area contributed by atoms with Gasteiger partial charge in [-0.1, -0.05) is 6.42 Å². The molecule has 0 spiro atoms. The van der Waals surface area contributed by atoms with E-state index in [0.29, 0.717) is 0 Å². The van der Waals surface area contributed by atoms with Gasteiger partial charge in [0.25, 0.3) is 0 Å². The first-order valence-electron chi connectivity index (χ1n) is 7.17. The van der Waals surface area contributed by atoms with E-state index in [9.17, 15) is 5.11 Å². The molecule has 0 bridgehead atoms. The van der Waals surface area contributed by atoms with Crippen LogP contribution in [0, 0.1) is 11.8 Å². The second-order valence-corrected chi connectivity index (χ2v) is 5.82. The van der Waals surface area contributed by atoms with Gasteiger partial charge in [0.1, 0.15) is 5.75 Å². The van der Waals surface area contributed by atoms with Gasteiger partial charge in [-0.3, -0.25) is 4.98 Å². The van der Waals surface area contributed by atoms with E-state index in [-0.39, 0.29) is 5.75 Å².